The molecule has 22 heavy (non-hydrogen) atoms. The van der Waals surface area contributed by atoms with Gasteiger partial charge in [0.1, 0.15) is 5.56 Å². The van der Waals surface area contributed by atoms with Gasteiger partial charge in [-0.15, -0.1) is 0 Å². The van der Waals surface area contributed by atoms with E-state index in [1.165, 1.54) is 11.8 Å². The number of carbonyl (C=O) groups excluding carboxylic acids is 2. The lowest BCUT2D eigenvalue weighted by atomic mass is 10.1. The molecule has 120 valence electrons. The fourth-order valence-electron chi connectivity index (χ4n) is 2.08. The first-order valence-corrected chi connectivity index (χ1v) is 6.52. The zero-order valence-corrected chi connectivity index (χ0v) is 11.8. The quantitative estimate of drug-likeness (QED) is 0.626. The number of halogens is 3. The smallest absolute Gasteiger partial charge is 0.436 e. The van der Waals surface area contributed by atoms with E-state index in [-0.39, 0.29) is 25.6 Å². The van der Waals surface area contributed by atoms with Gasteiger partial charge in [0, 0.05) is 19.3 Å². The van der Waals surface area contributed by atoms with E-state index in [0.717, 1.165) is 17.0 Å². The van der Waals surface area contributed by atoms with Crippen LogP contribution in [0.5, 0.6) is 0 Å². The summed E-state index contributed by atoms with van der Waals surface area (Å²) in [7, 11) is 0. The van der Waals surface area contributed by atoms with E-state index in [1.54, 1.807) is 0 Å². The standard InChI is InChI=1S/C13H14F3N3O3/c1-3-10(20)18-5-8(6-18)19-7-9(12(21)22-4-2)11(17-19)13(14,15)16/h3,7-8H,1,4-6H2,2H3. The molecule has 0 N–H and O–H groups in total. The SMILES string of the molecule is C=CC(=O)N1CC(n2cc(C(=O)OCC)c(C(F)(F)F)n2)C1. The van der Waals surface area contributed by atoms with E-state index in [2.05, 4.69) is 16.4 Å². The van der Waals surface area contributed by atoms with Crippen molar-refractivity contribution in [3.8, 4) is 0 Å². The highest BCUT2D eigenvalue weighted by molar-refractivity contribution is 5.90. The fourth-order valence-corrected chi connectivity index (χ4v) is 2.08. The van der Waals surface area contributed by atoms with Gasteiger partial charge < -0.3 is 9.64 Å². The molecule has 1 fully saturated rings. The van der Waals surface area contributed by atoms with Crippen LogP contribution in [0.25, 0.3) is 0 Å². The minimum absolute atomic E-state index is 0.0354. The molecule has 1 aliphatic rings. The maximum atomic E-state index is 12.9. The minimum atomic E-state index is -4.76. The molecule has 1 aromatic heterocycles. The summed E-state index contributed by atoms with van der Waals surface area (Å²) in [4.78, 5) is 24.4. The third-order valence-electron chi connectivity index (χ3n) is 3.22. The molecule has 0 aliphatic carbocycles. The van der Waals surface area contributed by atoms with Crippen LogP contribution >= 0.6 is 0 Å². The second-order valence-electron chi connectivity index (χ2n) is 4.69. The van der Waals surface area contributed by atoms with Crippen LogP contribution < -0.4 is 0 Å². The highest BCUT2D eigenvalue weighted by atomic mass is 19.4. The number of ether oxygens (including phenoxy) is 1. The van der Waals surface area contributed by atoms with Crippen molar-refractivity contribution in [1.29, 1.82) is 0 Å². The monoisotopic (exact) mass is 317 g/mol. The zero-order chi connectivity index (χ0) is 16.5. The molecule has 2 rings (SSSR count). The van der Waals surface area contributed by atoms with E-state index in [1.807, 2.05) is 0 Å². The van der Waals surface area contributed by atoms with Crippen LogP contribution in [0.3, 0.4) is 0 Å². The summed E-state index contributed by atoms with van der Waals surface area (Å²) in [5, 5.41) is 3.45. The molecular formula is C13H14F3N3O3. The van der Waals surface area contributed by atoms with Gasteiger partial charge in [-0.2, -0.15) is 18.3 Å². The lowest BCUT2D eigenvalue weighted by Crippen LogP contribution is -2.50. The Bertz CT molecular complexity index is 603. The summed E-state index contributed by atoms with van der Waals surface area (Å²) in [5.74, 6) is -1.37. The summed E-state index contributed by atoms with van der Waals surface area (Å²) in [6.45, 7) is 5.23. The summed E-state index contributed by atoms with van der Waals surface area (Å²) in [5.41, 5.74) is -1.90. The van der Waals surface area contributed by atoms with Gasteiger partial charge in [0.05, 0.1) is 12.6 Å². The maximum Gasteiger partial charge on any atom is 0.436 e. The molecule has 0 saturated carbocycles. The topological polar surface area (TPSA) is 64.4 Å². The first kappa shape index (κ1) is 16.1. The van der Waals surface area contributed by atoms with Crippen molar-refractivity contribution in [2.45, 2.75) is 19.1 Å². The average Bonchev–Trinajstić information content (AvgIpc) is 2.82. The molecule has 1 amide bonds. The predicted octanol–water partition coefficient (Wildman–Crippen LogP) is 1.65. The Labute approximate surface area is 124 Å². The number of rotatable bonds is 4. The summed E-state index contributed by atoms with van der Waals surface area (Å²) >= 11 is 0. The van der Waals surface area contributed by atoms with Gasteiger partial charge in [0.15, 0.2) is 5.69 Å². The Morgan fingerprint density at radius 3 is 2.64 bits per heavy atom. The average molecular weight is 317 g/mol. The zero-order valence-electron chi connectivity index (χ0n) is 11.8. The Kier molecular flexibility index (Phi) is 4.25. The number of amides is 1. The second kappa shape index (κ2) is 5.82. The summed E-state index contributed by atoms with van der Waals surface area (Å²) in [6.07, 6.45) is -2.61. The van der Waals surface area contributed by atoms with Crippen LogP contribution in [0.1, 0.15) is 29.0 Å². The molecule has 1 aromatic rings. The van der Waals surface area contributed by atoms with Crippen molar-refractivity contribution in [2.75, 3.05) is 19.7 Å². The molecular weight excluding hydrogens is 303 g/mol. The number of hydrogen-bond donors (Lipinski definition) is 0. The van der Waals surface area contributed by atoms with Gasteiger partial charge in [0.25, 0.3) is 0 Å². The molecule has 1 aliphatic heterocycles. The van der Waals surface area contributed by atoms with Gasteiger partial charge >= 0.3 is 12.1 Å². The summed E-state index contributed by atoms with van der Waals surface area (Å²) in [6, 6.07) is -0.409. The highest BCUT2D eigenvalue weighted by Crippen LogP contribution is 2.33. The van der Waals surface area contributed by atoms with Gasteiger partial charge in [0.2, 0.25) is 5.91 Å². The Morgan fingerprint density at radius 2 is 2.14 bits per heavy atom. The lowest BCUT2D eigenvalue weighted by Gasteiger charge is -2.38. The molecule has 0 aromatic carbocycles. The highest BCUT2D eigenvalue weighted by Gasteiger charge is 2.41. The van der Waals surface area contributed by atoms with Gasteiger partial charge in [-0.25, -0.2) is 4.79 Å². The van der Waals surface area contributed by atoms with E-state index in [4.69, 9.17) is 0 Å². The number of alkyl halides is 3. The predicted molar refractivity (Wildman–Crippen MR) is 69.0 cm³/mol. The molecule has 0 radical (unpaired) electrons. The molecule has 0 atom stereocenters. The van der Waals surface area contributed by atoms with E-state index in [0.29, 0.717) is 0 Å². The molecule has 0 bridgehead atoms. The lowest BCUT2D eigenvalue weighted by molar-refractivity contribution is -0.142. The molecule has 0 unspecified atom stereocenters. The van der Waals surface area contributed by atoms with Gasteiger partial charge in [-0.05, 0) is 13.0 Å². The Hall–Kier alpha value is -2.32. The van der Waals surface area contributed by atoms with Crippen molar-refractivity contribution >= 4 is 11.9 Å². The van der Waals surface area contributed by atoms with Crippen LogP contribution in [-0.2, 0) is 15.7 Å². The number of hydrogen-bond acceptors (Lipinski definition) is 4. The second-order valence-corrected chi connectivity index (χ2v) is 4.69. The third-order valence-corrected chi connectivity index (χ3v) is 3.22. The third kappa shape index (κ3) is 2.97. The molecule has 0 spiro atoms. The number of carbonyl (C=O) groups is 2. The van der Waals surface area contributed by atoms with Gasteiger partial charge in [-0.3, -0.25) is 9.48 Å². The fraction of sp³-hybridized carbons (Fsp3) is 0.462. The molecule has 2 heterocycles. The minimum Gasteiger partial charge on any atom is -0.462 e. The molecule has 1 saturated heterocycles. The Morgan fingerprint density at radius 1 is 1.50 bits per heavy atom. The summed E-state index contributed by atoms with van der Waals surface area (Å²) < 4.78 is 44.5. The van der Waals surface area contributed by atoms with Crippen LogP contribution in [0.15, 0.2) is 18.9 Å². The number of aromatic nitrogens is 2. The van der Waals surface area contributed by atoms with E-state index < -0.39 is 29.4 Å². The maximum absolute atomic E-state index is 12.9. The van der Waals surface area contributed by atoms with Crippen molar-refractivity contribution < 1.29 is 27.5 Å². The van der Waals surface area contributed by atoms with Crippen LogP contribution in [0.4, 0.5) is 13.2 Å². The van der Waals surface area contributed by atoms with Crippen LogP contribution in [0.2, 0.25) is 0 Å². The first-order valence-electron chi connectivity index (χ1n) is 6.52. The van der Waals surface area contributed by atoms with Crippen molar-refractivity contribution in [1.82, 2.24) is 14.7 Å². The number of esters is 1. The largest absolute Gasteiger partial charge is 0.462 e. The van der Waals surface area contributed by atoms with Crippen LogP contribution in [-0.4, -0.2) is 46.3 Å². The van der Waals surface area contributed by atoms with E-state index in [9.17, 15) is 22.8 Å². The first-order chi connectivity index (χ1) is 10.3. The number of likely N-dealkylation sites (tertiary alicyclic amines) is 1. The van der Waals surface area contributed by atoms with Gasteiger partial charge in [-0.1, -0.05) is 6.58 Å². The Balaban J connectivity index is 2.23. The normalized spacial score (nSPS) is 15.4. The van der Waals surface area contributed by atoms with Crippen molar-refractivity contribution in [3.63, 3.8) is 0 Å². The van der Waals surface area contributed by atoms with Crippen molar-refractivity contribution in [3.05, 3.63) is 30.1 Å². The number of nitrogens with zero attached hydrogens (tertiary/aromatic N) is 3. The molecule has 9 heteroatoms. The molecule has 6 nitrogen and oxygen atoms in total. The van der Waals surface area contributed by atoms with E-state index >= 15 is 0 Å². The van der Waals surface area contributed by atoms with Crippen molar-refractivity contribution in [2.24, 2.45) is 0 Å². The van der Waals surface area contributed by atoms with Crippen LogP contribution in [0, 0.1) is 0 Å².